The zero-order chi connectivity index (χ0) is 4.50. The molecule has 0 fully saturated rings. The first-order valence-electron chi connectivity index (χ1n) is 0.698. The molecule has 0 rings (SSSR count). The van der Waals surface area contributed by atoms with Crippen LogP contribution < -0.4 is 0 Å². The van der Waals surface area contributed by atoms with Crippen LogP contribution in [0.3, 0.4) is 0 Å². The molecule has 0 atom stereocenters. The van der Waals surface area contributed by atoms with Crippen LogP contribution in [0.5, 0.6) is 0 Å². The van der Waals surface area contributed by atoms with Crippen LogP contribution >= 0.6 is 0 Å². The molecule has 0 aliphatic carbocycles. The van der Waals surface area contributed by atoms with Crippen LogP contribution in [0, 0.1) is 0 Å². The van der Waals surface area contributed by atoms with Crippen LogP contribution in [0.25, 0.3) is 0 Å². The molecule has 2 radical (unpaired) electrons. The second-order valence-corrected chi connectivity index (χ2v) is 1.34. The van der Waals surface area contributed by atoms with E-state index in [-0.39, 0.29) is 77.9 Å². The second-order valence-electron chi connectivity index (χ2n) is 0.448. The van der Waals surface area contributed by atoms with E-state index in [2.05, 4.69) is 0 Å². The summed E-state index contributed by atoms with van der Waals surface area (Å²) >= 11 is 0. The standard InChI is InChI=1S/Bi.H2O4S.Pb.Sb.8H/c;1-5(2,3)4;;;;;;;;;;/h;(H2,1,2,3,4);;;;;;;;;;. The predicted molar refractivity (Wildman–Crippen MR) is 42.6 cm³/mol. The molecule has 0 aromatic heterocycles. The van der Waals surface area contributed by atoms with E-state index in [0.29, 0.717) is 0 Å². The van der Waals surface area contributed by atoms with Gasteiger partial charge in [-0.05, 0) is 0 Å². The summed E-state index contributed by atoms with van der Waals surface area (Å²) in [5.41, 5.74) is 0. The summed E-state index contributed by atoms with van der Waals surface area (Å²) in [6, 6.07) is 0. The van der Waals surface area contributed by atoms with E-state index < -0.39 is 10.4 Å². The van der Waals surface area contributed by atoms with E-state index in [1.807, 2.05) is 0 Å². The van der Waals surface area contributed by atoms with Crippen LogP contribution in [0.2, 0.25) is 0 Å². The van der Waals surface area contributed by atoms with Gasteiger partial charge in [0.25, 0.3) is 0 Å². The van der Waals surface area contributed by atoms with Crippen molar-refractivity contribution in [2.24, 2.45) is 0 Å². The Labute approximate surface area is 104 Å². The zero-order valence-electron chi connectivity index (χ0n) is 4.24. The first-order valence-corrected chi connectivity index (χ1v) is 2.10. The number of hydrogen-bond donors (Lipinski definition) is 2. The van der Waals surface area contributed by atoms with Gasteiger partial charge < -0.3 is 0 Å². The van der Waals surface area contributed by atoms with Crippen molar-refractivity contribution in [2.45, 2.75) is 0 Å². The Morgan fingerprint density at radius 3 is 1.12 bits per heavy atom. The molecule has 0 spiro atoms. The molecule has 4 nitrogen and oxygen atoms in total. The molecule has 2 N–H and O–H groups in total. The summed E-state index contributed by atoms with van der Waals surface area (Å²) in [6.07, 6.45) is 0. The Morgan fingerprint density at radius 1 is 1.12 bits per heavy atom. The average molecular weight is 644 g/mol. The van der Waals surface area contributed by atoms with Crippen molar-refractivity contribution in [3.8, 4) is 0 Å². The first kappa shape index (κ1) is 22.4. The van der Waals surface area contributed by atoms with Crippen molar-refractivity contribution in [3.63, 3.8) is 0 Å². The molecule has 0 unspecified atom stereocenters. The molecular weight excluding hydrogens is 634 g/mol. The first-order chi connectivity index (χ1) is 2.00. The van der Waals surface area contributed by atoms with Gasteiger partial charge in [-0.15, -0.1) is 0 Å². The molecule has 0 aromatic carbocycles. The van der Waals surface area contributed by atoms with E-state index in [9.17, 15) is 0 Å². The zero-order valence-corrected chi connectivity index (χ0v) is 20.1. The van der Waals surface area contributed by atoms with E-state index in [4.69, 9.17) is 17.5 Å². The summed E-state index contributed by atoms with van der Waals surface area (Å²) in [7, 11) is -4.67. The van der Waals surface area contributed by atoms with Crippen LogP contribution in [-0.4, -0.2) is 95.5 Å². The third-order valence-corrected chi connectivity index (χ3v) is 0. The van der Waals surface area contributed by atoms with Gasteiger partial charge in [-0.3, -0.25) is 9.11 Å². The van der Waals surface area contributed by atoms with Gasteiger partial charge in [0.1, 0.15) is 0 Å². The van der Waals surface area contributed by atoms with E-state index >= 15 is 0 Å². The molecule has 0 heterocycles. The topological polar surface area (TPSA) is 74.6 Å². The van der Waals surface area contributed by atoms with Gasteiger partial charge in [0.2, 0.25) is 0 Å². The van der Waals surface area contributed by atoms with Gasteiger partial charge in [-0.25, -0.2) is 0 Å². The summed E-state index contributed by atoms with van der Waals surface area (Å²) in [4.78, 5) is 0. The van der Waals surface area contributed by atoms with Crippen LogP contribution in [0.4, 0.5) is 0 Å². The summed E-state index contributed by atoms with van der Waals surface area (Å²) < 4.78 is 31.6. The Hall–Kier alpha value is 2.49. The third kappa shape index (κ3) is 76.7. The van der Waals surface area contributed by atoms with Gasteiger partial charge in [-0.2, -0.15) is 8.42 Å². The SMILES string of the molecule is O=S(=O)(O)O.[BiH3].[PbH2].[SbH3]. The summed E-state index contributed by atoms with van der Waals surface area (Å²) in [5.74, 6) is 0. The van der Waals surface area contributed by atoms with Gasteiger partial charge in [-0.1, -0.05) is 0 Å². The molecule has 0 saturated heterocycles. The van der Waals surface area contributed by atoms with E-state index in [0.717, 1.165) is 0 Å². The fraction of sp³-hybridized carbons (Fsp3) is 0. The summed E-state index contributed by atoms with van der Waals surface area (Å²) in [5, 5.41) is 0. The minimum absolute atomic E-state index is 0. The Bertz CT molecular complexity index is 99.2. The average Bonchev–Trinajstić information content (AvgIpc) is 0.722. The molecular formula is H10BiO4PbSSb. The molecule has 0 aliphatic heterocycles. The third-order valence-electron chi connectivity index (χ3n) is 0. The molecule has 8 heavy (non-hydrogen) atoms. The minimum atomic E-state index is -4.67. The van der Waals surface area contributed by atoms with Crippen molar-refractivity contribution < 1.29 is 17.5 Å². The van der Waals surface area contributed by atoms with Crippen molar-refractivity contribution in [1.29, 1.82) is 0 Å². The number of hydrogen-bond acceptors (Lipinski definition) is 2. The number of rotatable bonds is 0. The summed E-state index contributed by atoms with van der Waals surface area (Å²) in [6.45, 7) is 0. The maximum absolute atomic E-state index is 8.74. The Balaban J connectivity index is -0.0000000267. The second kappa shape index (κ2) is 9.49. The molecule has 0 saturated carbocycles. The molecule has 0 aromatic rings. The Morgan fingerprint density at radius 2 is 1.12 bits per heavy atom. The van der Waals surface area contributed by atoms with Crippen molar-refractivity contribution >= 4 is 88.3 Å². The molecule has 0 aliphatic rings. The van der Waals surface area contributed by atoms with E-state index in [1.54, 1.807) is 0 Å². The molecule has 8 heteroatoms. The van der Waals surface area contributed by atoms with Gasteiger partial charge in [0.15, 0.2) is 0 Å². The van der Waals surface area contributed by atoms with Crippen LogP contribution in [0.1, 0.15) is 0 Å². The van der Waals surface area contributed by atoms with Gasteiger partial charge >= 0.3 is 88.3 Å². The van der Waals surface area contributed by atoms with E-state index in [1.165, 1.54) is 0 Å². The molecule has 54 valence electrons. The molecule has 0 amide bonds. The van der Waals surface area contributed by atoms with Crippen molar-refractivity contribution in [3.05, 3.63) is 0 Å². The van der Waals surface area contributed by atoms with Crippen LogP contribution in [0.15, 0.2) is 0 Å². The van der Waals surface area contributed by atoms with Gasteiger partial charge in [0, 0.05) is 0 Å². The van der Waals surface area contributed by atoms with Crippen molar-refractivity contribution in [2.75, 3.05) is 0 Å². The Kier molecular flexibility index (Phi) is 26.6. The maximum atomic E-state index is 8.74. The quantitative estimate of drug-likeness (QED) is 0.209. The molecule has 0 bridgehead atoms. The normalized spacial score (nSPS) is 7.25. The fourth-order valence-corrected chi connectivity index (χ4v) is 0. The monoisotopic (exact) mass is 644 g/mol. The fourth-order valence-electron chi connectivity index (χ4n) is 0. The van der Waals surface area contributed by atoms with Crippen molar-refractivity contribution in [1.82, 2.24) is 0 Å². The van der Waals surface area contributed by atoms with Gasteiger partial charge in [0.05, 0.1) is 0 Å². The predicted octanol–water partition coefficient (Wildman–Crippen LogP) is -3.94. The van der Waals surface area contributed by atoms with Crippen LogP contribution in [-0.2, 0) is 10.4 Å².